The summed E-state index contributed by atoms with van der Waals surface area (Å²) in [5, 5.41) is 0. The van der Waals surface area contributed by atoms with Crippen LogP contribution in [0.3, 0.4) is 0 Å². The van der Waals surface area contributed by atoms with Gasteiger partial charge in [0.1, 0.15) is 0 Å². The van der Waals surface area contributed by atoms with Crippen molar-refractivity contribution in [2.45, 2.75) is 98.7 Å². The minimum Gasteiger partial charge on any atom is -0.256 e. The second-order valence-electron chi connectivity index (χ2n) is 22.6. The number of benzene rings is 7. The molecule has 0 saturated heterocycles. The molecule has 0 aliphatic heterocycles. The summed E-state index contributed by atoms with van der Waals surface area (Å²) in [6, 6.07) is 82.1. The maximum atomic E-state index is 4.90. The Morgan fingerprint density at radius 2 is 0.592 bits per heavy atom. The van der Waals surface area contributed by atoms with Crippen LogP contribution in [0.5, 0.6) is 0 Å². The summed E-state index contributed by atoms with van der Waals surface area (Å²) >= 11 is 0. The first-order chi connectivity index (χ1) is 37.5. The predicted molar refractivity (Wildman–Crippen MR) is 313 cm³/mol. The molecule has 0 spiro atoms. The molecule has 7 aromatic carbocycles. The Hall–Kier alpha value is -8.01. The van der Waals surface area contributed by atoms with Gasteiger partial charge in [0.2, 0.25) is 0 Å². The smallest absolute Gasteiger partial charge is 0.0708 e. The summed E-state index contributed by atoms with van der Waals surface area (Å²) in [7, 11) is 0. The second-order valence-corrected chi connectivity index (χ2v) is 22.6. The molecule has 370 valence electrons. The van der Waals surface area contributed by atoms with E-state index in [9.17, 15) is 0 Å². The predicted octanol–water partition coefficient (Wildman–Crippen LogP) is 18.6. The Labute approximate surface area is 448 Å². The topological polar surface area (TPSA) is 38.7 Å². The summed E-state index contributed by atoms with van der Waals surface area (Å²) in [4.78, 5) is 14.3. The molecule has 0 amide bonds. The molecule has 4 aliphatic carbocycles. The van der Waals surface area contributed by atoms with Crippen molar-refractivity contribution in [3.63, 3.8) is 0 Å². The van der Waals surface area contributed by atoms with Crippen LogP contribution in [-0.2, 0) is 21.7 Å². The van der Waals surface area contributed by atoms with Gasteiger partial charge in [0.05, 0.1) is 17.1 Å². The monoisotopic (exact) mass is 982 g/mol. The fraction of sp³-hybridized carbons (Fsp3) is 0.219. The number of rotatable bonds is 11. The lowest BCUT2D eigenvalue weighted by molar-refractivity contribution is 0.293. The zero-order chi connectivity index (χ0) is 50.6. The van der Waals surface area contributed by atoms with Crippen molar-refractivity contribution in [2.75, 3.05) is 0 Å². The minimum absolute atomic E-state index is 0.0488. The van der Waals surface area contributed by atoms with Gasteiger partial charge in [0, 0.05) is 56.9 Å². The summed E-state index contributed by atoms with van der Waals surface area (Å²) in [5.74, 6) is 0. The van der Waals surface area contributed by atoms with Crippen LogP contribution in [0.25, 0.3) is 78.3 Å². The Morgan fingerprint density at radius 3 is 1.08 bits per heavy atom. The SMILES string of the molecule is c1ccc(-c2ccc(-c3ccnc(-c4ccc(-c5ccccc5-c5cc(C67CCCC6(c6ccc(-c8ccccn8)cc6)CCC7)cc(C67CCCC6(c6ccc(-c8ccccn8)cc6)CCC7)c5)cc4)c3)cc2)cc1. The van der Waals surface area contributed by atoms with E-state index in [0.717, 1.165) is 22.6 Å². The van der Waals surface area contributed by atoms with Gasteiger partial charge in [-0.15, -0.1) is 0 Å². The average Bonchev–Trinajstić information content (AvgIpc) is 4.44. The van der Waals surface area contributed by atoms with E-state index in [2.05, 4.69) is 206 Å². The molecule has 76 heavy (non-hydrogen) atoms. The van der Waals surface area contributed by atoms with Crippen molar-refractivity contribution in [1.82, 2.24) is 15.0 Å². The van der Waals surface area contributed by atoms with Gasteiger partial charge in [-0.3, -0.25) is 15.0 Å². The van der Waals surface area contributed by atoms with Gasteiger partial charge in [0.15, 0.2) is 0 Å². The van der Waals surface area contributed by atoms with Crippen LogP contribution >= 0.6 is 0 Å². The molecule has 4 fully saturated rings. The maximum absolute atomic E-state index is 4.90. The highest BCUT2D eigenvalue weighted by atomic mass is 14.7. The third-order valence-electron chi connectivity index (χ3n) is 19.3. The number of fused-ring (bicyclic) bond motifs is 2. The summed E-state index contributed by atoms with van der Waals surface area (Å²) in [5.41, 5.74) is 23.0. The zero-order valence-electron chi connectivity index (χ0n) is 43.3. The van der Waals surface area contributed by atoms with Gasteiger partial charge < -0.3 is 0 Å². The summed E-state index contributed by atoms with van der Waals surface area (Å²) in [6.07, 6.45) is 20.6. The van der Waals surface area contributed by atoms with E-state index in [1.807, 2.05) is 30.7 Å². The maximum Gasteiger partial charge on any atom is 0.0708 e. The largest absolute Gasteiger partial charge is 0.256 e. The number of nitrogens with zero attached hydrogens (tertiary/aromatic N) is 3. The molecule has 14 rings (SSSR count). The van der Waals surface area contributed by atoms with Gasteiger partial charge in [0.25, 0.3) is 0 Å². The van der Waals surface area contributed by atoms with E-state index in [1.165, 1.54) is 144 Å². The fourth-order valence-electron chi connectivity index (χ4n) is 15.8. The van der Waals surface area contributed by atoms with Crippen molar-refractivity contribution in [2.24, 2.45) is 0 Å². The molecule has 0 atom stereocenters. The van der Waals surface area contributed by atoms with Crippen LogP contribution < -0.4 is 0 Å². The van der Waals surface area contributed by atoms with Crippen LogP contribution in [0, 0.1) is 0 Å². The summed E-state index contributed by atoms with van der Waals surface area (Å²) in [6.45, 7) is 0. The van der Waals surface area contributed by atoms with E-state index in [-0.39, 0.29) is 21.7 Å². The van der Waals surface area contributed by atoms with Gasteiger partial charge in [-0.2, -0.15) is 0 Å². The molecule has 3 heteroatoms. The van der Waals surface area contributed by atoms with Crippen molar-refractivity contribution in [3.8, 4) is 78.3 Å². The van der Waals surface area contributed by atoms with Crippen LogP contribution in [-0.4, -0.2) is 15.0 Å². The molecule has 3 heterocycles. The van der Waals surface area contributed by atoms with Crippen LogP contribution in [0.4, 0.5) is 0 Å². The van der Waals surface area contributed by atoms with Crippen LogP contribution in [0.1, 0.15) is 99.3 Å². The molecule has 3 nitrogen and oxygen atoms in total. The Kier molecular flexibility index (Phi) is 11.6. The quantitative estimate of drug-likeness (QED) is 0.130. The van der Waals surface area contributed by atoms with E-state index in [1.54, 1.807) is 11.1 Å². The first-order valence-electron chi connectivity index (χ1n) is 28.1. The Bertz CT molecular complexity index is 3520. The number of pyridine rings is 3. The van der Waals surface area contributed by atoms with Crippen LogP contribution in [0.2, 0.25) is 0 Å². The normalized spacial score (nSPS) is 22.6. The lowest BCUT2D eigenvalue weighted by Gasteiger charge is -2.45. The fourth-order valence-corrected chi connectivity index (χ4v) is 15.8. The Morgan fingerprint density at radius 1 is 0.224 bits per heavy atom. The van der Waals surface area contributed by atoms with E-state index in [0.29, 0.717) is 0 Å². The third-order valence-corrected chi connectivity index (χ3v) is 19.3. The standard InChI is InChI=1S/C73H63N3/c1-2-14-52(15-3-1)53-20-22-54(23-21-53)59-36-47-76-69(50-59)58-26-24-55(25-27-58)65-16-4-5-17-66(65)60-48-63(72-41-10-37-70(72,38-11-42-72)61-32-28-56(29-33-61)67-18-6-8-45-74-67)51-64(49-60)73-43-12-39-71(73,40-13-44-73)62-34-30-57(31-35-62)68-19-7-9-46-75-68/h1-9,14-36,45-51H,10-13,37-44H2. The van der Waals surface area contributed by atoms with Crippen molar-refractivity contribution in [3.05, 3.63) is 259 Å². The summed E-state index contributed by atoms with van der Waals surface area (Å²) < 4.78 is 0. The van der Waals surface area contributed by atoms with Crippen molar-refractivity contribution >= 4 is 0 Å². The first-order valence-corrected chi connectivity index (χ1v) is 28.1. The molecule has 4 saturated carbocycles. The first kappa shape index (κ1) is 46.5. The average molecular weight is 982 g/mol. The minimum atomic E-state index is 0.0488. The van der Waals surface area contributed by atoms with E-state index < -0.39 is 0 Å². The van der Waals surface area contributed by atoms with Gasteiger partial charge in [-0.05, 0) is 155 Å². The Balaban J connectivity index is 0.867. The zero-order valence-corrected chi connectivity index (χ0v) is 43.3. The highest BCUT2D eigenvalue weighted by Crippen LogP contribution is 2.68. The molecular weight excluding hydrogens is 919 g/mol. The molecule has 3 aromatic heterocycles. The van der Waals surface area contributed by atoms with E-state index >= 15 is 0 Å². The number of aromatic nitrogens is 3. The number of hydrogen-bond acceptors (Lipinski definition) is 3. The lowest BCUT2D eigenvalue weighted by atomic mass is 9.58. The third kappa shape index (κ3) is 7.64. The molecular formula is C73H63N3. The van der Waals surface area contributed by atoms with Gasteiger partial charge in [-0.25, -0.2) is 0 Å². The van der Waals surface area contributed by atoms with Gasteiger partial charge in [-0.1, -0.05) is 208 Å². The molecule has 0 bridgehead atoms. The van der Waals surface area contributed by atoms with Crippen molar-refractivity contribution in [1.29, 1.82) is 0 Å². The molecule has 4 aliphatic rings. The second kappa shape index (κ2) is 19.0. The van der Waals surface area contributed by atoms with Gasteiger partial charge >= 0.3 is 0 Å². The molecule has 0 unspecified atom stereocenters. The molecule has 10 aromatic rings. The highest BCUT2D eigenvalue weighted by molar-refractivity contribution is 5.85. The molecule has 0 N–H and O–H groups in total. The van der Waals surface area contributed by atoms with Crippen LogP contribution in [0.15, 0.2) is 237 Å². The van der Waals surface area contributed by atoms with Crippen molar-refractivity contribution < 1.29 is 0 Å². The molecule has 0 radical (unpaired) electrons. The highest BCUT2D eigenvalue weighted by Gasteiger charge is 2.61. The lowest BCUT2D eigenvalue weighted by Crippen LogP contribution is -2.42. The number of hydrogen-bond donors (Lipinski definition) is 0. The van der Waals surface area contributed by atoms with E-state index in [4.69, 9.17) is 15.0 Å².